The lowest BCUT2D eigenvalue weighted by molar-refractivity contribution is 0.0929. The highest BCUT2D eigenvalue weighted by atomic mass is 19.1. The highest BCUT2D eigenvalue weighted by Gasteiger charge is 2.22. The van der Waals surface area contributed by atoms with Crippen molar-refractivity contribution < 1.29 is 18.0 Å². The van der Waals surface area contributed by atoms with Gasteiger partial charge in [-0.25, -0.2) is 8.78 Å². The number of nitrogens with zero attached hydrogens (tertiary/aromatic N) is 1. The summed E-state index contributed by atoms with van der Waals surface area (Å²) in [4.78, 5) is 13.8. The Morgan fingerprint density at radius 1 is 1.27 bits per heavy atom. The summed E-state index contributed by atoms with van der Waals surface area (Å²) in [5, 5.41) is 2.54. The summed E-state index contributed by atoms with van der Waals surface area (Å²) in [7, 11) is 1.57. The summed E-state index contributed by atoms with van der Waals surface area (Å²) in [5.41, 5.74) is 0.186. The zero-order valence-corrected chi connectivity index (χ0v) is 14.9. The molecule has 1 fully saturated rings. The van der Waals surface area contributed by atoms with Gasteiger partial charge < -0.3 is 9.73 Å². The van der Waals surface area contributed by atoms with E-state index < -0.39 is 11.6 Å². The van der Waals surface area contributed by atoms with E-state index in [-0.39, 0.29) is 11.5 Å². The second-order valence-corrected chi connectivity index (χ2v) is 6.83. The van der Waals surface area contributed by atoms with Crippen LogP contribution in [0.4, 0.5) is 8.78 Å². The molecule has 1 N–H and O–H groups in total. The molecule has 0 aliphatic carbocycles. The minimum absolute atomic E-state index is 0.186. The van der Waals surface area contributed by atoms with Gasteiger partial charge in [0.2, 0.25) is 0 Å². The lowest BCUT2D eigenvalue weighted by atomic mass is 9.91. The molecule has 1 aliphatic rings. The maximum atomic E-state index is 13.8. The van der Waals surface area contributed by atoms with Gasteiger partial charge >= 0.3 is 0 Å². The van der Waals surface area contributed by atoms with E-state index >= 15 is 0 Å². The van der Waals surface area contributed by atoms with E-state index in [1.54, 1.807) is 13.1 Å². The molecule has 0 spiro atoms. The summed E-state index contributed by atoms with van der Waals surface area (Å²) in [6, 6.07) is 7.52. The van der Waals surface area contributed by atoms with Gasteiger partial charge in [0.25, 0.3) is 5.91 Å². The van der Waals surface area contributed by atoms with Crippen LogP contribution in [0.25, 0.3) is 0 Å². The van der Waals surface area contributed by atoms with Gasteiger partial charge in [-0.1, -0.05) is 6.07 Å². The number of benzene rings is 1. The molecule has 1 atom stereocenters. The maximum Gasteiger partial charge on any atom is 0.286 e. The Bertz CT molecular complexity index is 740. The van der Waals surface area contributed by atoms with E-state index in [0.29, 0.717) is 24.6 Å². The molecule has 1 unspecified atom stereocenters. The molecular weight excluding hydrogens is 338 g/mol. The number of carbonyl (C=O) groups excluding carboxylic acids is 1. The number of nitrogens with one attached hydrogen (secondary N) is 1. The molecule has 1 saturated heterocycles. The summed E-state index contributed by atoms with van der Waals surface area (Å²) in [6.07, 6.45) is 3.29. The van der Waals surface area contributed by atoms with Crippen molar-refractivity contribution in [1.29, 1.82) is 0 Å². The predicted octanol–water partition coefficient (Wildman–Crippen LogP) is 3.76. The second-order valence-electron chi connectivity index (χ2n) is 6.83. The Morgan fingerprint density at radius 2 is 2.04 bits per heavy atom. The topological polar surface area (TPSA) is 45.5 Å². The minimum Gasteiger partial charge on any atom is -0.455 e. The van der Waals surface area contributed by atoms with Crippen LogP contribution in [0.15, 0.2) is 34.7 Å². The van der Waals surface area contributed by atoms with Gasteiger partial charge in [-0.05, 0) is 62.4 Å². The number of amides is 1. The fourth-order valence-electron chi connectivity index (χ4n) is 3.58. The van der Waals surface area contributed by atoms with E-state index in [0.717, 1.165) is 38.1 Å². The number of furan rings is 1. The molecule has 2 heterocycles. The molecule has 140 valence electrons. The standard InChI is InChI=1S/C20H24F2N2O2/c1-23-20(25)19-10-8-15(26-19)13-24-11-3-4-14(12-24)7-9-16-17(21)5-2-6-18(16)22/h2,5-6,8,10,14H,3-4,7,9,11-13H2,1H3,(H,23,25). The number of carbonyl (C=O) groups is 1. The van der Waals surface area contributed by atoms with Gasteiger partial charge in [0.05, 0.1) is 6.54 Å². The molecule has 3 rings (SSSR count). The Balaban J connectivity index is 1.54. The maximum absolute atomic E-state index is 13.8. The SMILES string of the molecule is CNC(=O)c1ccc(CN2CCCC(CCc3c(F)cccc3F)C2)o1. The smallest absolute Gasteiger partial charge is 0.286 e. The van der Waals surface area contributed by atoms with Crippen molar-refractivity contribution in [3.8, 4) is 0 Å². The minimum atomic E-state index is -0.463. The molecule has 1 aromatic heterocycles. The van der Waals surface area contributed by atoms with Gasteiger partial charge in [-0.3, -0.25) is 9.69 Å². The summed E-state index contributed by atoms with van der Waals surface area (Å²) >= 11 is 0. The van der Waals surface area contributed by atoms with Gasteiger partial charge in [0.15, 0.2) is 5.76 Å². The Kier molecular flexibility index (Phi) is 6.04. The fraction of sp³-hybridized carbons (Fsp3) is 0.450. The van der Waals surface area contributed by atoms with Crippen LogP contribution in [0.2, 0.25) is 0 Å². The Hall–Kier alpha value is -2.21. The van der Waals surface area contributed by atoms with Crippen molar-refractivity contribution in [2.45, 2.75) is 32.2 Å². The first-order valence-electron chi connectivity index (χ1n) is 9.03. The number of halogens is 2. The number of piperidine rings is 1. The number of hydrogen-bond donors (Lipinski definition) is 1. The molecule has 6 heteroatoms. The van der Waals surface area contributed by atoms with Gasteiger partial charge in [-0.15, -0.1) is 0 Å². The van der Waals surface area contributed by atoms with Crippen molar-refractivity contribution >= 4 is 5.91 Å². The predicted molar refractivity (Wildman–Crippen MR) is 94.8 cm³/mol. The van der Waals surface area contributed by atoms with Crippen LogP contribution in [-0.4, -0.2) is 30.9 Å². The third-order valence-corrected chi connectivity index (χ3v) is 4.96. The first-order valence-corrected chi connectivity index (χ1v) is 9.03. The number of likely N-dealkylation sites (tertiary alicyclic amines) is 1. The zero-order chi connectivity index (χ0) is 18.5. The zero-order valence-electron chi connectivity index (χ0n) is 14.9. The molecule has 4 nitrogen and oxygen atoms in total. The second kappa shape index (κ2) is 8.45. The number of hydrogen-bond acceptors (Lipinski definition) is 3. The molecule has 0 radical (unpaired) electrons. The molecule has 1 aromatic carbocycles. The molecular formula is C20H24F2N2O2. The average Bonchev–Trinajstić information content (AvgIpc) is 3.09. The van der Waals surface area contributed by atoms with Crippen molar-refractivity contribution in [3.05, 3.63) is 59.1 Å². The lowest BCUT2D eigenvalue weighted by Crippen LogP contribution is -2.35. The highest BCUT2D eigenvalue weighted by molar-refractivity contribution is 5.91. The Morgan fingerprint density at radius 3 is 2.77 bits per heavy atom. The van der Waals surface area contributed by atoms with Crippen LogP contribution < -0.4 is 5.32 Å². The lowest BCUT2D eigenvalue weighted by Gasteiger charge is -2.32. The average molecular weight is 362 g/mol. The van der Waals surface area contributed by atoms with Crippen molar-refractivity contribution in [2.24, 2.45) is 5.92 Å². The van der Waals surface area contributed by atoms with Gasteiger partial charge in [0.1, 0.15) is 17.4 Å². The first kappa shape index (κ1) is 18.6. The molecule has 1 amide bonds. The largest absolute Gasteiger partial charge is 0.455 e. The van der Waals surface area contributed by atoms with E-state index in [2.05, 4.69) is 10.2 Å². The molecule has 26 heavy (non-hydrogen) atoms. The van der Waals surface area contributed by atoms with Crippen molar-refractivity contribution in [2.75, 3.05) is 20.1 Å². The summed E-state index contributed by atoms with van der Waals surface area (Å²) in [6.45, 7) is 2.47. The van der Waals surface area contributed by atoms with E-state index in [1.165, 1.54) is 18.2 Å². The fourth-order valence-corrected chi connectivity index (χ4v) is 3.58. The third kappa shape index (κ3) is 4.49. The highest BCUT2D eigenvalue weighted by Crippen LogP contribution is 2.25. The quantitative estimate of drug-likeness (QED) is 0.851. The molecule has 0 bridgehead atoms. The van der Waals surface area contributed by atoms with Crippen LogP contribution in [-0.2, 0) is 13.0 Å². The molecule has 1 aliphatic heterocycles. The van der Waals surface area contributed by atoms with Crippen LogP contribution in [0.1, 0.15) is 41.1 Å². The third-order valence-electron chi connectivity index (χ3n) is 4.96. The van der Waals surface area contributed by atoms with Crippen LogP contribution in [0.5, 0.6) is 0 Å². The van der Waals surface area contributed by atoms with Crippen molar-refractivity contribution in [3.63, 3.8) is 0 Å². The van der Waals surface area contributed by atoms with Crippen LogP contribution in [0.3, 0.4) is 0 Å². The number of rotatable bonds is 6. The van der Waals surface area contributed by atoms with Gasteiger partial charge in [0, 0.05) is 19.2 Å². The monoisotopic (exact) mass is 362 g/mol. The van der Waals surface area contributed by atoms with E-state index in [4.69, 9.17) is 4.42 Å². The summed E-state index contributed by atoms with van der Waals surface area (Å²) < 4.78 is 33.1. The molecule has 2 aromatic rings. The molecule has 0 saturated carbocycles. The van der Waals surface area contributed by atoms with E-state index in [1.807, 2.05) is 6.07 Å². The van der Waals surface area contributed by atoms with Crippen molar-refractivity contribution in [1.82, 2.24) is 10.2 Å². The van der Waals surface area contributed by atoms with E-state index in [9.17, 15) is 13.6 Å². The normalized spacial score (nSPS) is 18.0. The van der Waals surface area contributed by atoms with Crippen LogP contribution >= 0.6 is 0 Å². The Labute approximate surface area is 152 Å². The summed E-state index contributed by atoms with van der Waals surface area (Å²) in [5.74, 6) is 0.302. The van der Waals surface area contributed by atoms with Crippen LogP contribution in [0, 0.1) is 17.6 Å². The first-order chi connectivity index (χ1) is 12.6. The van der Waals surface area contributed by atoms with Gasteiger partial charge in [-0.2, -0.15) is 0 Å².